The second-order valence-corrected chi connectivity index (χ2v) is 7.30. The van der Waals surface area contributed by atoms with Gasteiger partial charge in [0.2, 0.25) is 10.0 Å². The molecule has 108 valence electrons. The molecular formula is C12H20ClN3O2S. The third-order valence-electron chi connectivity index (χ3n) is 3.17. The van der Waals surface area contributed by atoms with E-state index in [0.29, 0.717) is 0 Å². The molecule has 0 atom stereocenters. The topological polar surface area (TPSA) is 75.4 Å². The number of sulfonamides is 1. The fraction of sp³-hybridized carbons (Fsp3) is 0.500. The number of hydrogen-bond donors (Lipinski definition) is 2. The number of likely N-dealkylation sites (N-methyl/N-ethyl adjacent to an activating group) is 1. The maximum Gasteiger partial charge on any atom is 0.244 e. The molecule has 7 heteroatoms. The highest BCUT2D eigenvalue weighted by Crippen LogP contribution is 2.27. The van der Waals surface area contributed by atoms with Crippen LogP contribution in [0.15, 0.2) is 23.1 Å². The zero-order valence-electron chi connectivity index (χ0n) is 11.6. The first-order valence-electron chi connectivity index (χ1n) is 5.79. The van der Waals surface area contributed by atoms with Gasteiger partial charge < -0.3 is 10.6 Å². The van der Waals surface area contributed by atoms with Gasteiger partial charge in [0.15, 0.2) is 0 Å². The van der Waals surface area contributed by atoms with Gasteiger partial charge in [0.25, 0.3) is 0 Å². The Labute approximate surface area is 119 Å². The molecule has 0 aromatic heterocycles. The zero-order valence-corrected chi connectivity index (χ0v) is 13.1. The highest BCUT2D eigenvalue weighted by atomic mass is 35.5. The lowest BCUT2D eigenvalue weighted by Crippen LogP contribution is -2.48. The molecule has 0 saturated carbocycles. The lowest BCUT2D eigenvalue weighted by atomic mass is 10.1. The first-order chi connectivity index (χ1) is 8.58. The summed E-state index contributed by atoms with van der Waals surface area (Å²) in [6.45, 7) is 4.13. The Balaban J connectivity index is 3.01. The fourth-order valence-electron chi connectivity index (χ4n) is 1.31. The summed E-state index contributed by atoms with van der Waals surface area (Å²) in [5.41, 5.74) is 5.52. The van der Waals surface area contributed by atoms with Crippen molar-refractivity contribution in [2.75, 3.05) is 26.4 Å². The van der Waals surface area contributed by atoms with Crippen molar-refractivity contribution in [1.29, 1.82) is 0 Å². The molecule has 1 aromatic carbocycles. The van der Waals surface area contributed by atoms with E-state index in [1.165, 1.54) is 12.1 Å². The van der Waals surface area contributed by atoms with Crippen LogP contribution in [0.5, 0.6) is 0 Å². The van der Waals surface area contributed by atoms with Gasteiger partial charge in [-0.15, -0.1) is 0 Å². The van der Waals surface area contributed by atoms with Crippen molar-refractivity contribution >= 4 is 27.3 Å². The van der Waals surface area contributed by atoms with Gasteiger partial charge in [0, 0.05) is 12.1 Å². The molecule has 0 heterocycles. The molecule has 0 aliphatic rings. The van der Waals surface area contributed by atoms with E-state index in [9.17, 15) is 8.42 Å². The van der Waals surface area contributed by atoms with Crippen molar-refractivity contribution in [2.24, 2.45) is 0 Å². The Kier molecular flexibility index (Phi) is 4.84. The first kappa shape index (κ1) is 16.2. The summed E-state index contributed by atoms with van der Waals surface area (Å²) in [5.74, 6) is 0. The molecule has 0 unspecified atom stereocenters. The molecular weight excluding hydrogens is 286 g/mol. The predicted octanol–water partition coefficient (Wildman–Crippen LogP) is 1.54. The van der Waals surface area contributed by atoms with Gasteiger partial charge >= 0.3 is 0 Å². The monoisotopic (exact) mass is 305 g/mol. The Morgan fingerprint density at radius 1 is 1.37 bits per heavy atom. The second kappa shape index (κ2) is 5.66. The number of halogens is 1. The van der Waals surface area contributed by atoms with E-state index in [-0.39, 0.29) is 27.7 Å². The van der Waals surface area contributed by atoms with Crippen LogP contribution in [-0.4, -0.2) is 39.5 Å². The third-order valence-corrected chi connectivity index (χ3v) is 5.12. The zero-order chi connectivity index (χ0) is 14.8. The van der Waals surface area contributed by atoms with Crippen LogP contribution in [0.2, 0.25) is 5.02 Å². The van der Waals surface area contributed by atoms with Crippen LogP contribution < -0.4 is 10.5 Å². The van der Waals surface area contributed by atoms with Crippen LogP contribution in [0.1, 0.15) is 13.8 Å². The number of benzene rings is 1. The number of anilines is 1. The normalized spacial score (nSPS) is 12.9. The lowest BCUT2D eigenvalue weighted by molar-refractivity contribution is 0.199. The molecule has 1 aromatic rings. The summed E-state index contributed by atoms with van der Waals surface area (Å²) in [7, 11) is 0.0522. The molecule has 0 spiro atoms. The van der Waals surface area contributed by atoms with E-state index in [1.807, 2.05) is 32.8 Å². The van der Waals surface area contributed by atoms with Crippen molar-refractivity contribution < 1.29 is 8.42 Å². The van der Waals surface area contributed by atoms with Crippen LogP contribution >= 0.6 is 11.6 Å². The molecule has 0 bridgehead atoms. The molecule has 0 saturated heterocycles. The standard InChI is InChI=1S/C12H20ClN3O2S/c1-12(2,16(3)4)8-15-19(17,18)11-9(13)6-5-7-10(11)14/h5-7,15H,8,14H2,1-4H3. The molecule has 0 aliphatic carbocycles. The minimum absolute atomic E-state index is 0.0637. The molecule has 3 N–H and O–H groups in total. The summed E-state index contributed by atoms with van der Waals surface area (Å²) in [5, 5.41) is 0.121. The molecule has 0 aliphatic heterocycles. The average molecular weight is 306 g/mol. The second-order valence-electron chi connectivity index (χ2n) is 5.19. The van der Waals surface area contributed by atoms with E-state index in [2.05, 4.69) is 4.72 Å². The van der Waals surface area contributed by atoms with E-state index < -0.39 is 10.0 Å². The highest BCUT2D eigenvalue weighted by Gasteiger charge is 2.26. The largest absolute Gasteiger partial charge is 0.398 e. The van der Waals surface area contributed by atoms with Gasteiger partial charge in [-0.1, -0.05) is 17.7 Å². The molecule has 19 heavy (non-hydrogen) atoms. The SMILES string of the molecule is CN(C)C(C)(C)CNS(=O)(=O)c1c(N)cccc1Cl. The summed E-state index contributed by atoms with van der Waals surface area (Å²) in [6.07, 6.45) is 0. The smallest absolute Gasteiger partial charge is 0.244 e. The minimum Gasteiger partial charge on any atom is -0.398 e. The van der Waals surface area contributed by atoms with E-state index in [4.69, 9.17) is 17.3 Å². The number of nitrogens with two attached hydrogens (primary N) is 1. The Bertz CT molecular complexity index is 536. The van der Waals surface area contributed by atoms with Gasteiger partial charge in [0.1, 0.15) is 4.90 Å². The van der Waals surface area contributed by atoms with Crippen LogP contribution in [-0.2, 0) is 10.0 Å². The van der Waals surface area contributed by atoms with Crippen LogP contribution in [0.25, 0.3) is 0 Å². The van der Waals surface area contributed by atoms with Gasteiger partial charge in [-0.3, -0.25) is 0 Å². The fourth-order valence-corrected chi connectivity index (χ4v) is 3.19. The number of hydrogen-bond acceptors (Lipinski definition) is 4. The number of nitrogens with one attached hydrogen (secondary N) is 1. The van der Waals surface area contributed by atoms with Crippen molar-refractivity contribution in [2.45, 2.75) is 24.3 Å². The number of nitrogen functional groups attached to an aromatic ring is 1. The Morgan fingerprint density at radius 2 is 1.95 bits per heavy atom. The predicted molar refractivity (Wildman–Crippen MR) is 78.8 cm³/mol. The Hall–Kier alpha value is -0.820. The van der Waals surface area contributed by atoms with Gasteiger partial charge in [-0.2, -0.15) is 0 Å². The minimum atomic E-state index is -3.72. The summed E-state index contributed by atoms with van der Waals surface area (Å²) in [4.78, 5) is 1.87. The third kappa shape index (κ3) is 3.82. The summed E-state index contributed by atoms with van der Waals surface area (Å²) in [6, 6.07) is 4.63. The van der Waals surface area contributed by atoms with E-state index in [0.717, 1.165) is 0 Å². The van der Waals surface area contributed by atoms with Crippen molar-refractivity contribution in [3.63, 3.8) is 0 Å². The van der Waals surface area contributed by atoms with Gasteiger partial charge in [-0.05, 0) is 40.1 Å². The maximum absolute atomic E-state index is 12.2. The van der Waals surface area contributed by atoms with Gasteiger partial charge in [-0.25, -0.2) is 13.1 Å². The Morgan fingerprint density at radius 3 is 2.42 bits per heavy atom. The number of rotatable bonds is 5. The molecule has 0 radical (unpaired) electrons. The molecule has 0 fully saturated rings. The van der Waals surface area contributed by atoms with E-state index >= 15 is 0 Å². The first-order valence-corrected chi connectivity index (χ1v) is 7.65. The lowest BCUT2D eigenvalue weighted by Gasteiger charge is -2.32. The quantitative estimate of drug-likeness (QED) is 0.809. The molecule has 1 rings (SSSR count). The van der Waals surface area contributed by atoms with Crippen molar-refractivity contribution in [3.05, 3.63) is 23.2 Å². The van der Waals surface area contributed by atoms with Crippen molar-refractivity contribution in [3.8, 4) is 0 Å². The molecule has 5 nitrogen and oxygen atoms in total. The van der Waals surface area contributed by atoms with Gasteiger partial charge in [0.05, 0.1) is 10.7 Å². The highest BCUT2D eigenvalue weighted by molar-refractivity contribution is 7.89. The summed E-state index contributed by atoms with van der Waals surface area (Å²) < 4.78 is 27.0. The average Bonchev–Trinajstić information content (AvgIpc) is 2.26. The van der Waals surface area contributed by atoms with Crippen LogP contribution in [0, 0.1) is 0 Å². The van der Waals surface area contributed by atoms with Crippen molar-refractivity contribution in [1.82, 2.24) is 9.62 Å². The summed E-state index contributed by atoms with van der Waals surface area (Å²) >= 11 is 5.92. The number of nitrogens with zero attached hydrogens (tertiary/aromatic N) is 1. The van der Waals surface area contributed by atoms with E-state index in [1.54, 1.807) is 6.07 Å². The van der Waals surface area contributed by atoms with Crippen LogP contribution in [0.4, 0.5) is 5.69 Å². The maximum atomic E-state index is 12.2. The molecule has 0 amide bonds. The van der Waals surface area contributed by atoms with Crippen LogP contribution in [0.3, 0.4) is 0 Å².